The van der Waals surface area contributed by atoms with E-state index in [1.54, 1.807) is 6.92 Å². The highest BCUT2D eigenvalue weighted by Crippen LogP contribution is 2.45. The van der Waals surface area contributed by atoms with Crippen molar-refractivity contribution in [3.63, 3.8) is 0 Å². The van der Waals surface area contributed by atoms with Gasteiger partial charge in [0.05, 0.1) is 24.0 Å². The number of nitrogens with two attached hydrogens (primary N) is 1. The number of hydrogen-bond donors (Lipinski definition) is 4. The van der Waals surface area contributed by atoms with Gasteiger partial charge in [-0.05, 0) is 77.7 Å². The molecular formula is C31H40F5N7O2. The van der Waals surface area contributed by atoms with Crippen molar-refractivity contribution in [3.05, 3.63) is 28.8 Å². The van der Waals surface area contributed by atoms with Gasteiger partial charge < -0.3 is 31.2 Å². The lowest BCUT2D eigenvalue weighted by Crippen LogP contribution is -2.27. The van der Waals surface area contributed by atoms with E-state index in [-0.39, 0.29) is 34.0 Å². The highest BCUT2D eigenvalue weighted by Gasteiger charge is 2.39. The number of aromatic nitrogens is 3. The summed E-state index contributed by atoms with van der Waals surface area (Å²) >= 11 is 0. The van der Waals surface area contributed by atoms with E-state index >= 15 is 4.39 Å². The van der Waals surface area contributed by atoms with E-state index in [4.69, 9.17) is 15.2 Å². The van der Waals surface area contributed by atoms with E-state index < -0.39 is 52.0 Å². The molecule has 14 heteroatoms. The Morgan fingerprint density at radius 3 is 2.58 bits per heavy atom. The van der Waals surface area contributed by atoms with Gasteiger partial charge in [-0.15, -0.1) is 0 Å². The first-order chi connectivity index (χ1) is 21.4. The maximum Gasteiger partial charge on any atom is 0.417 e. The maximum absolute atomic E-state index is 16.6. The van der Waals surface area contributed by atoms with E-state index in [1.165, 1.54) is 0 Å². The number of nitrogens with one attached hydrogen (secondary N) is 3. The van der Waals surface area contributed by atoms with E-state index in [2.05, 4.69) is 30.9 Å². The highest BCUT2D eigenvalue weighted by atomic mass is 19.4. The number of nitrogen functional groups attached to an aromatic ring is 1. The van der Waals surface area contributed by atoms with E-state index in [0.717, 1.165) is 58.1 Å². The minimum absolute atomic E-state index is 0.0716. The van der Waals surface area contributed by atoms with Gasteiger partial charge in [0.1, 0.15) is 28.2 Å². The quantitative estimate of drug-likeness (QED) is 0.134. The normalized spacial score (nSPS) is 18.7. The highest BCUT2D eigenvalue weighted by molar-refractivity contribution is 5.96. The fourth-order valence-corrected chi connectivity index (χ4v) is 6.35. The van der Waals surface area contributed by atoms with Crippen LogP contribution in [0.5, 0.6) is 11.9 Å². The van der Waals surface area contributed by atoms with Crippen LogP contribution in [0.4, 0.5) is 33.5 Å². The Morgan fingerprint density at radius 2 is 1.87 bits per heavy atom. The van der Waals surface area contributed by atoms with Crippen molar-refractivity contribution in [3.8, 4) is 23.1 Å². The molecule has 0 amide bonds. The lowest BCUT2D eigenvalue weighted by atomic mass is 9.82. The average molecular weight is 638 g/mol. The Balaban J connectivity index is 1.69. The average Bonchev–Trinajstić information content (AvgIpc) is 3.44. The predicted octanol–water partition coefficient (Wildman–Crippen LogP) is 5.99. The molecule has 1 aliphatic carbocycles. The molecular weight excluding hydrogens is 597 g/mol. The Morgan fingerprint density at radius 1 is 1.11 bits per heavy atom. The number of nitrogens with zero attached hydrogens (tertiary/aromatic N) is 3. The summed E-state index contributed by atoms with van der Waals surface area (Å²) in [7, 11) is 1.90. The summed E-state index contributed by atoms with van der Waals surface area (Å²) in [6, 6.07) is 0.633. The van der Waals surface area contributed by atoms with Crippen LogP contribution in [0.25, 0.3) is 22.2 Å². The lowest BCUT2D eigenvalue weighted by molar-refractivity contribution is -0.137. The van der Waals surface area contributed by atoms with Gasteiger partial charge in [-0.2, -0.15) is 23.1 Å². The van der Waals surface area contributed by atoms with Crippen molar-refractivity contribution in [1.82, 2.24) is 25.6 Å². The number of hydrogen-bond acceptors (Lipinski definition) is 9. The summed E-state index contributed by atoms with van der Waals surface area (Å²) in [6.45, 7) is 5.47. The Hall–Kier alpha value is -3.52. The van der Waals surface area contributed by atoms with Crippen molar-refractivity contribution in [2.75, 3.05) is 50.9 Å². The first kappa shape index (κ1) is 32.9. The molecule has 9 nitrogen and oxygen atoms in total. The van der Waals surface area contributed by atoms with Crippen LogP contribution in [0.1, 0.15) is 63.0 Å². The van der Waals surface area contributed by atoms with Crippen LogP contribution in [0.3, 0.4) is 0 Å². The van der Waals surface area contributed by atoms with Gasteiger partial charge >= 0.3 is 12.2 Å². The third-order valence-electron chi connectivity index (χ3n) is 8.74. The maximum atomic E-state index is 16.6. The third-order valence-corrected chi connectivity index (χ3v) is 8.74. The molecule has 0 bridgehead atoms. The van der Waals surface area contributed by atoms with Gasteiger partial charge in [-0.25, -0.2) is 13.8 Å². The molecule has 1 aliphatic heterocycles. The Labute approximate surface area is 258 Å². The van der Waals surface area contributed by atoms with E-state index in [0.29, 0.717) is 32.7 Å². The molecule has 5 N–H and O–H groups in total. The fraction of sp³-hybridized carbons (Fsp3) is 0.581. The largest absolute Gasteiger partial charge is 0.474 e. The number of halogens is 5. The number of pyridine rings is 1. The van der Waals surface area contributed by atoms with Crippen LogP contribution < -0.4 is 31.2 Å². The SMILES string of the molecule is CNCCCC1(COc2nc3c4c(nc(-c5cc(N)c(F)c(C)c5C(F)(F)F)c(F)c4n2)OC(C)CCNCCN3)CCCC1. The van der Waals surface area contributed by atoms with Crippen LogP contribution in [-0.4, -0.2) is 60.9 Å². The number of rotatable bonds is 8. The second-order valence-electron chi connectivity index (χ2n) is 12.1. The van der Waals surface area contributed by atoms with Gasteiger partial charge in [0.2, 0.25) is 5.88 Å². The zero-order valence-corrected chi connectivity index (χ0v) is 25.8. The van der Waals surface area contributed by atoms with Crippen LogP contribution in [0.15, 0.2) is 6.07 Å². The van der Waals surface area contributed by atoms with Crippen LogP contribution in [-0.2, 0) is 6.18 Å². The molecule has 1 saturated carbocycles. The van der Waals surface area contributed by atoms with Crippen LogP contribution in [0, 0.1) is 24.0 Å². The van der Waals surface area contributed by atoms with Gasteiger partial charge in [-0.3, -0.25) is 0 Å². The molecule has 0 radical (unpaired) electrons. The van der Waals surface area contributed by atoms with Gasteiger partial charge in [0, 0.05) is 24.1 Å². The molecule has 1 unspecified atom stereocenters. The molecule has 1 fully saturated rings. The van der Waals surface area contributed by atoms with Crippen molar-refractivity contribution in [2.45, 2.75) is 71.1 Å². The Bertz CT molecular complexity index is 1530. The monoisotopic (exact) mass is 637 g/mol. The number of benzene rings is 1. The first-order valence-corrected chi connectivity index (χ1v) is 15.4. The van der Waals surface area contributed by atoms with Gasteiger partial charge in [0.15, 0.2) is 5.82 Å². The molecule has 0 spiro atoms. The number of anilines is 2. The standard InChI is InChI=1S/C31H40F5N7O2/c1-17-7-12-39-13-14-40-27-21-26(42-29(43-27)44-16-30(8-4-5-9-30)10-6-11-38-3)24(33)25(41-28(21)45-17)19-15-20(37)23(32)18(2)22(19)31(34,35)36/h15,17,38-39H,4-14,16,37H2,1-3H3,(H,40,42,43). The topological polar surface area (TPSA) is 119 Å². The van der Waals surface area contributed by atoms with Crippen LogP contribution >= 0.6 is 0 Å². The van der Waals surface area contributed by atoms with E-state index in [9.17, 15) is 17.6 Å². The second kappa shape index (κ2) is 13.5. The molecule has 246 valence electrons. The zero-order valence-electron chi connectivity index (χ0n) is 25.8. The zero-order chi connectivity index (χ0) is 32.4. The molecule has 1 aromatic carbocycles. The number of ether oxygens (including phenoxy) is 2. The summed E-state index contributed by atoms with van der Waals surface area (Å²) in [4.78, 5) is 13.2. The molecule has 2 aliphatic rings. The van der Waals surface area contributed by atoms with Crippen molar-refractivity contribution in [2.24, 2.45) is 5.41 Å². The molecule has 2 aromatic heterocycles. The smallest absolute Gasteiger partial charge is 0.417 e. The number of alkyl halides is 3. The molecule has 3 heterocycles. The molecule has 3 aromatic rings. The first-order valence-electron chi connectivity index (χ1n) is 15.4. The lowest BCUT2D eigenvalue weighted by Gasteiger charge is -2.28. The molecule has 5 rings (SSSR count). The fourth-order valence-electron chi connectivity index (χ4n) is 6.35. The van der Waals surface area contributed by atoms with Gasteiger partial charge in [-0.1, -0.05) is 12.8 Å². The van der Waals surface area contributed by atoms with Gasteiger partial charge in [0.25, 0.3) is 0 Å². The summed E-state index contributed by atoms with van der Waals surface area (Å²) in [6.07, 6.45) is 1.05. The minimum Gasteiger partial charge on any atom is -0.474 e. The summed E-state index contributed by atoms with van der Waals surface area (Å²) in [5.41, 5.74) is 1.20. The van der Waals surface area contributed by atoms with Crippen LogP contribution in [0.2, 0.25) is 0 Å². The molecule has 1 atom stereocenters. The van der Waals surface area contributed by atoms with Crippen molar-refractivity contribution < 1.29 is 31.4 Å². The summed E-state index contributed by atoms with van der Waals surface area (Å²) in [5.74, 6) is -2.37. The molecule has 0 saturated heterocycles. The van der Waals surface area contributed by atoms with E-state index in [1.807, 2.05) is 7.05 Å². The predicted molar refractivity (Wildman–Crippen MR) is 162 cm³/mol. The second-order valence-corrected chi connectivity index (χ2v) is 12.1. The summed E-state index contributed by atoms with van der Waals surface area (Å²) in [5, 5.41) is 9.69. The minimum atomic E-state index is -5.04. The van der Waals surface area contributed by atoms with Crippen molar-refractivity contribution >= 4 is 22.4 Å². The van der Waals surface area contributed by atoms with Crippen molar-refractivity contribution in [1.29, 1.82) is 0 Å². The summed E-state index contributed by atoms with van der Waals surface area (Å²) < 4.78 is 86.5. The Kier molecular flexibility index (Phi) is 9.83. The third kappa shape index (κ3) is 7.01. The molecule has 45 heavy (non-hydrogen) atoms.